The first kappa shape index (κ1) is 17.4. The molecule has 7 nitrogen and oxygen atoms in total. The molecule has 1 amide bonds. The van der Waals surface area contributed by atoms with Crippen LogP contribution in [0, 0.1) is 0 Å². The summed E-state index contributed by atoms with van der Waals surface area (Å²) in [5.74, 6) is -0.353. The van der Waals surface area contributed by atoms with Gasteiger partial charge in [0.15, 0.2) is 0 Å². The molecule has 0 aromatic carbocycles. The minimum Gasteiger partial charge on any atom is -0.378 e. The summed E-state index contributed by atoms with van der Waals surface area (Å²) in [5.41, 5.74) is 0. The molecular formula is C12H25N3O4S. The minimum absolute atomic E-state index is 0.00703. The van der Waals surface area contributed by atoms with E-state index in [1.165, 1.54) is 4.31 Å². The van der Waals surface area contributed by atoms with Gasteiger partial charge in [-0.1, -0.05) is 0 Å². The molecule has 1 heterocycles. The summed E-state index contributed by atoms with van der Waals surface area (Å²) in [6, 6.07) is -0.673. The fourth-order valence-electron chi connectivity index (χ4n) is 2.04. The van der Waals surface area contributed by atoms with E-state index in [0.29, 0.717) is 26.2 Å². The number of ether oxygens (including phenoxy) is 1. The average Bonchev–Trinajstić information content (AvgIpc) is 2.38. The topological polar surface area (TPSA) is 87.7 Å². The van der Waals surface area contributed by atoms with E-state index in [1.807, 2.05) is 20.8 Å². The van der Waals surface area contributed by atoms with Crippen LogP contribution < -0.4 is 10.6 Å². The molecule has 0 spiro atoms. The Labute approximate surface area is 121 Å². The maximum Gasteiger partial charge on any atom is 0.239 e. The van der Waals surface area contributed by atoms with Crippen LogP contribution in [0.4, 0.5) is 0 Å². The van der Waals surface area contributed by atoms with Crippen LogP contribution in [0.5, 0.6) is 0 Å². The molecule has 0 saturated carbocycles. The fraction of sp³-hybridized carbons (Fsp3) is 0.917. The molecule has 2 N–H and O–H groups in total. The Morgan fingerprint density at radius 2 is 2.20 bits per heavy atom. The highest BCUT2D eigenvalue weighted by atomic mass is 32.2. The predicted octanol–water partition coefficient (Wildman–Crippen LogP) is -0.849. The second kappa shape index (κ2) is 7.92. The molecule has 1 aliphatic heterocycles. The summed E-state index contributed by atoms with van der Waals surface area (Å²) in [7, 11) is -3.48. The van der Waals surface area contributed by atoms with E-state index in [1.54, 1.807) is 0 Å². The monoisotopic (exact) mass is 307 g/mol. The summed E-state index contributed by atoms with van der Waals surface area (Å²) in [6.07, 6.45) is -0.00703. The zero-order valence-corrected chi connectivity index (χ0v) is 13.2. The molecule has 1 unspecified atom stereocenters. The molecule has 0 aromatic rings. The smallest absolute Gasteiger partial charge is 0.239 e. The van der Waals surface area contributed by atoms with E-state index in [2.05, 4.69) is 10.6 Å². The number of sulfonamides is 1. The Morgan fingerprint density at radius 3 is 2.80 bits per heavy atom. The molecule has 118 valence electrons. The summed E-state index contributed by atoms with van der Waals surface area (Å²) in [4.78, 5) is 11.9. The molecule has 1 rings (SSSR count). The first-order valence-corrected chi connectivity index (χ1v) is 8.59. The second-order valence-corrected chi connectivity index (χ2v) is 7.00. The van der Waals surface area contributed by atoms with Gasteiger partial charge in [-0.25, -0.2) is 8.42 Å². The van der Waals surface area contributed by atoms with E-state index >= 15 is 0 Å². The molecule has 1 fully saturated rings. The van der Waals surface area contributed by atoms with E-state index in [4.69, 9.17) is 4.74 Å². The van der Waals surface area contributed by atoms with Crippen molar-refractivity contribution in [3.63, 3.8) is 0 Å². The van der Waals surface area contributed by atoms with Crippen molar-refractivity contribution in [2.45, 2.75) is 32.9 Å². The lowest BCUT2D eigenvalue weighted by atomic mass is 10.2. The van der Waals surface area contributed by atoms with Crippen LogP contribution in [0.3, 0.4) is 0 Å². The molecule has 0 aliphatic carbocycles. The van der Waals surface area contributed by atoms with Crippen LogP contribution in [0.1, 0.15) is 20.8 Å². The largest absolute Gasteiger partial charge is 0.378 e. The van der Waals surface area contributed by atoms with E-state index in [9.17, 15) is 13.2 Å². The van der Waals surface area contributed by atoms with E-state index < -0.39 is 16.1 Å². The van der Waals surface area contributed by atoms with Gasteiger partial charge in [0.1, 0.15) is 6.04 Å². The van der Waals surface area contributed by atoms with Gasteiger partial charge in [-0.15, -0.1) is 0 Å². The molecule has 1 aliphatic rings. The van der Waals surface area contributed by atoms with Gasteiger partial charge < -0.3 is 15.4 Å². The SMILES string of the molecule is CCNC(=O)C1CNCCN1S(=O)(=O)CCOC(C)C. The van der Waals surface area contributed by atoms with Crippen molar-refractivity contribution in [1.82, 2.24) is 14.9 Å². The zero-order chi connectivity index (χ0) is 15.2. The van der Waals surface area contributed by atoms with Crippen molar-refractivity contribution >= 4 is 15.9 Å². The van der Waals surface area contributed by atoms with Gasteiger partial charge in [-0.3, -0.25) is 4.79 Å². The van der Waals surface area contributed by atoms with Crippen LogP contribution in [0.25, 0.3) is 0 Å². The zero-order valence-electron chi connectivity index (χ0n) is 12.4. The molecule has 0 bridgehead atoms. The standard InChI is InChI=1S/C12H25N3O4S/c1-4-14-12(16)11-9-13-5-6-15(11)20(17,18)8-7-19-10(2)3/h10-11,13H,4-9H2,1-3H3,(H,14,16). The lowest BCUT2D eigenvalue weighted by Gasteiger charge is -2.34. The average molecular weight is 307 g/mol. The maximum atomic E-state index is 12.3. The normalized spacial score (nSPS) is 21.1. The molecule has 0 aromatic heterocycles. The molecule has 20 heavy (non-hydrogen) atoms. The van der Waals surface area contributed by atoms with Gasteiger partial charge in [0.05, 0.1) is 18.5 Å². The minimum atomic E-state index is -3.48. The lowest BCUT2D eigenvalue weighted by molar-refractivity contribution is -0.125. The number of nitrogens with zero attached hydrogens (tertiary/aromatic N) is 1. The highest BCUT2D eigenvalue weighted by Crippen LogP contribution is 2.11. The fourth-order valence-corrected chi connectivity index (χ4v) is 3.51. The van der Waals surface area contributed by atoms with Gasteiger partial charge >= 0.3 is 0 Å². The Kier molecular flexibility index (Phi) is 6.87. The van der Waals surface area contributed by atoms with E-state index in [0.717, 1.165) is 0 Å². The van der Waals surface area contributed by atoms with Gasteiger partial charge in [0.2, 0.25) is 15.9 Å². The summed E-state index contributed by atoms with van der Waals surface area (Å²) >= 11 is 0. The van der Waals surface area contributed by atoms with Crippen LogP contribution in [-0.4, -0.2) is 69.3 Å². The Hall–Kier alpha value is -0.700. The number of piperazine rings is 1. The van der Waals surface area contributed by atoms with Crippen LogP contribution in [0.2, 0.25) is 0 Å². The van der Waals surface area contributed by atoms with E-state index in [-0.39, 0.29) is 24.4 Å². The highest BCUT2D eigenvalue weighted by Gasteiger charge is 2.36. The third kappa shape index (κ3) is 5.01. The number of hydrogen-bond donors (Lipinski definition) is 2. The third-order valence-electron chi connectivity index (χ3n) is 3.00. The lowest BCUT2D eigenvalue weighted by Crippen LogP contribution is -2.60. The van der Waals surface area contributed by atoms with Crippen molar-refractivity contribution in [1.29, 1.82) is 0 Å². The van der Waals surface area contributed by atoms with Crippen LogP contribution in [0.15, 0.2) is 0 Å². The Morgan fingerprint density at radius 1 is 1.50 bits per heavy atom. The van der Waals surface area contributed by atoms with Crippen molar-refractivity contribution in [3.05, 3.63) is 0 Å². The molecule has 1 saturated heterocycles. The van der Waals surface area contributed by atoms with Gasteiger partial charge in [0.25, 0.3) is 0 Å². The number of carbonyl (C=O) groups is 1. The molecule has 1 atom stereocenters. The summed E-state index contributed by atoms with van der Waals surface area (Å²) < 4.78 is 31.2. The number of amides is 1. The number of carbonyl (C=O) groups excluding carboxylic acids is 1. The number of hydrogen-bond acceptors (Lipinski definition) is 5. The first-order valence-electron chi connectivity index (χ1n) is 6.98. The Balaban J connectivity index is 2.70. The Bertz CT molecular complexity index is 411. The molecular weight excluding hydrogens is 282 g/mol. The molecule has 8 heteroatoms. The van der Waals surface area contributed by atoms with Crippen molar-refractivity contribution in [2.24, 2.45) is 0 Å². The first-order chi connectivity index (χ1) is 9.38. The summed E-state index contributed by atoms with van der Waals surface area (Å²) in [5, 5.41) is 5.73. The van der Waals surface area contributed by atoms with Crippen LogP contribution in [-0.2, 0) is 19.6 Å². The molecule has 0 radical (unpaired) electrons. The number of rotatable bonds is 7. The predicted molar refractivity (Wildman–Crippen MR) is 76.9 cm³/mol. The van der Waals surface area contributed by atoms with Gasteiger partial charge in [0, 0.05) is 26.2 Å². The van der Waals surface area contributed by atoms with Gasteiger partial charge in [-0.2, -0.15) is 4.31 Å². The number of nitrogens with one attached hydrogen (secondary N) is 2. The number of likely N-dealkylation sites (N-methyl/N-ethyl adjacent to an activating group) is 1. The second-order valence-electron chi connectivity index (χ2n) is 4.96. The van der Waals surface area contributed by atoms with Crippen molar-refractivity contribution in [2.75, 3.05) is 38.5 Å². The van der Waals surface area contributed by atoms with Gasteiger partial charge in [-0.05, 0) is 20.8 Å². The van der Waals surface area contributed by atoms with Crippen molar-refractivity contribution in [3.8, 4) is 0 Å². The highest BCUT2D eigenvalue weighted by molar-refractivity contribution is 7.89. The third-order valence-corrected chi connectivity index (χ3v) is 4.83. The maximum absolute atomic E-state index is 12.3. The quantitative estimate of drug-likeness (QED) is 0.640. The van der Waals surface area contributed by atoms with Crippen molar-refractivity contribution < 1.29 is 17.9 Å². The summed E-state index contributed by atoms with van der Waals surface area (Å²) in [6.45, 7) is 7.36. The van der Waals surface area contributed by atoms with Crippen LogP contribution >= 0.6 is 0 Å².